The molecule has 0 amide bonds. The first-order valence-corrected chi connectivity index (χ1v) is 7.70. The Labute approximate surface area is 109 Å². The minimum Gasteiger partial charge on any atom is -0.369 e. The van der Waals surface area contributed by atoms with Gasteiger partial charge in [-0.3, -0.25) is 0 Å². The molecule has 5 nitrogen and oxygen atoms in total. The Morgan fingerprint density at radius 1 is 1.39 bits per heavy atom. The van der Waals surface area contributed by atoms with Gasteiger partial charge in [0.1, 0.15) is 10.7 Å². The van der Waals surface area contributed by atoms with E-state index in [1.54, 1.807) is 18.3 Å². The third kappa shape index (κ3) is 3.96. The molecule has 0 aliphatic rings. The van der Waals surface area contributed by atoms with Crippen LogP contribution in [0.25, 0.3) is 0 Å². The first kappa shape index (κ1) is 14.9. The lowest BCUT2D eigenvalue weighted by Gasteiger charge is -2.14. The van der Waals surface area contributed by atoms with E-state index in [0.717, 1.165) is 12.8 Å². The van der Waals surface area contributed by atoms with Gasteiger partial charge in [-0.25, -0.2) is 18.1 Å². The maximum atomic E-state index is 12.2. The molecule has 18 heavy (non-hydrogen) atoms. The molecule has 0 bridgehead atoms. The van der Waals surface area contributed by atoms with Gasteiger partial charge >= 0.3 is 0 Å². The van der Waals surface area contributed by atoms with Crippen molar-refractivity contribution in [1.82, 2.24) is 9.71 Å². The Hall–Kier alpha value is -1.14. The van der Waals surface area contributed by atoms with Crippen LogP contribution < -0.4 is 10.0 Å². The average Bonchev–Trinajstić information content (AvgIpc) is 2.36. The molecule has 2 N–H and O–H groups in total. The van der Waals surface area contributed by atoms with E-state index >= 15 is 0 Å². The smallest absolute Gasteiger partial charge is 0.244 e. The highest BCUT2D eigenvalue weighted by atomic mass is 32.2. The highest BCUT2D eigenvalue weighted by molar-refractivity contribution is 7.89. The van der Waals surface area contributed by atoms with Gasteiger partial charge in [0.05, 0.1) is 0 Å². The SMILES string of the molecule is CCCNc1ncccc1S(=O)(=O)NC(C)CC. The van der Waals surface area contributed by atoms with E-state index in [-0.39, 0.29) is 10.9 Å². The van der Waals surface area contributed by atoms with Crippen molar-refractivity contribution in [2.75, 3.05) is 11.9 Å². The quantitative estimate of drug-likeness (QED) is 0.795. The fraction of sp³-hybridized carbons (Fsp3) is 0.583. The summed E-state index contributed by atoms with van der Waals surface area (Å²) in [6.45, 7) is 6.49. The average molecular weight is 271 g/mol. The molecule has 0 fully saturated rings. The largest absolute Gasteiger partial charge is 0.369 e. The number of rotatable bonds is 7. The number of hydrogen-bond donors (Lipinski definition) is 2. The monoisotopic (exact) mass is 271 g/mol. The van der Waals surface area contributed by atoms with E-state index in [0.29, 0.717) is 12.4 Å². The molecule has 0 radical (unpaired) electrons. The van der Waals surface area contributed by atoms with E-state index in [9.17, 15) is 8.42 Å². The predicted molar refractivity (Wildman–Crippen MR) is 73.1 cm³/mol. The van der Waals surface area contributed by atoms with Gasteiger partial charge in [0.2, 0.25) is 10.0 Å². The fourth-order valence-corrected chi connectivity index (χ4v) is 2.86. The van der Waals surface area contributed by atoms with E-state index in [1.807, 2.05) is 20.8 Å². The van der Waals surface area contributed by atoms with Gasteiger partial charge < -0.3 is 5.32 Å². The number of pyridine rings is 1. The van der Waals surface area contributed by atoms with Crippen LogP contribution >= 0.6 is 0 Å². The summed E-state index contributed by atoms with van der Waals surface area (Å²) in [4.78, 5) is 4.29. The van der Waals surface area contributed by atoms with Gasteiger partial charge in [0.15, 0.2) is 0 Å². The van der Waals surface area contributed by atoms with E-state index in [2.05, 4.69) is 15.0 Å². The zero-order valence-corrected chi connectivity index (χ0v) is 11.9. The number of nitrogens with one attached hydrogen (secondary N) is 2. The van der Waals surface area contributed by atoms with Crippen LogP contribution in [0.5, 0.6) is 0 Å². The maximum Gasteiger partial charge on any atom is 0.244 e. The lowest BCUT2D eigenvalue weighted by molar-refractivity contribution is 0.556. The summed E-state index contributed by atoms with van der Waals surface area (Å²) in [6, 6.07) is 3.10. The molecule has 0 saturated heterocycles. The van der Waals surface area contributed by atoms with Crippen molar-refractivity contribution in [2.24, 2.45) is 0 Å². The molecular formula is C12H21N3O2S. The lowest BCUT2D eigenvalue weighted by Crippen LogP contribution is -2.32. The van der Waals surface area contributed by atoms with Crippen molar-refractivity contribution < 1.29 is 8.42 Å². The van der Waals surface area contributed by atoms with Gasteiger partial charge in [-0.1, -0.05) is 13.8 Å². The van der Waals surface area contributed by atoms with Gasteiger partial charge in [-0.2, -0.15) is 0 Å². The summed E-state index contributed by atoms with van der Waals surface area (Å²) in [6.07, 6.45) is 3.24. The number of anilines is 1. The van der Waals surface area contributed by atoms with Crippen molar-refractivity contribution in [3.63, 3.8) is 0 Å². The third-order valence-corrected chi connectivity index (χ3v) is 4.19. The molecule has 0 aromatic carbocycles. The summed E-state index contributed by atoms with van der Waals surface area (Å²) < 4.78 is 27.0. The van der Waals surface area contributed by atoms with E-state index in [4.69, 9.17) is 0 Å². The van der Waals surface area contributed by atoms with Crippen LogP contribution in [0.4, 0.5) is 5.82 Å². The van der Waals surface area contributed by atoms with E-state index < -0.39 is 10.0 Å². The summed E-state index contributed by atoms with van der Waals surface area (Å²) in [5.74, 6) is 0.412. The summed E-state index contributed by atoms with van der Waals surface area (Å²) >= 11 is 0. The standard InChI is InChI=1S/C12H21N3O2S/c1-4-8-13-12-11(7-6-9-14-12)18(16,17)15-10(3)5-2/h6-7,9-10,15H,4-5,8H2,1-3H3,(H,13,14). The van der Waals surface area contributed by atoms with Crippen molar-refractivity contribution in [2.45, 2.75) is 44.6 Å². The summed E-state index contributed by atoms with van der Waals surface area (Å²) in [5.41, 5.74) is 0. The third-order valence-electron chi connectivity index (χ3n) is 2.57. The van der Waals surface area contributed by atoms with Crippen LogP contribution in [0.15, 0.2) is 23.2 Å². The van der Waals surface area contributed by atoms with Crippen LogP contribution in [0.2, 0.25) is 0 Å². The van der Waals surface area contributed by atoms with Gasteiger partial charge in [-0.05, 0) is 31.9 Å². The Morgan fingerprint density at radius 3 is 2.72 bits per heavy atom. The van der Waals surface area contributed by atoms with Crippen LogP contribution in [0, 0.1) is 0 Å². The molecule has 0 spiro atoms. The summed E-state index contributed by atoms with van der Waals surface area (Å²) in [5, 5.41) is 3.03. The van der Waals surface area contributed by atoms with Gasteiger partial charge in [0, 0.05) is 18.8 Å². The first-order valence-electron chi connectivity index (χ1n) is 6.22. The van der Waals surface area contributed by atoms with E-state index in [1.165, 1.54) is 0 Å². The molecule has 1 unspecified atom stereocenters. The van der Waals surface area contributed by atoms with Crippen molar-refractivity contribution in [1.29, 1.82) is 0 Å². The lowest BCUT2D eigenvalue weighted by atomic mass is 10.3. The van der Waals surface area contributed by atoms with Crippen LogP contribution in [0.3, 0.4) is 0 Å². The molecule has 0 aliphatic heterocycles. The Morgan fingerprint density at radius 2 is 2.11 bits per heavy atom. The number of nitrogens with zero attached hydrogens (tertiary/aromatic N) is 1. The molecule has 1 atom stereocenters. The minimum atomic E-state index is -3.51. The van der Waals surface area contributed by atoms with Crippen molar-refractivity contribution in [3.05, 3.63) is 18.3 Å². The van der Waals surface area contributed by atoms with Crippen LogP contribution in [-0.4, -0.2) is 26.0 Å². The van der Waals surface area contributed by atoms with Crippen LogP contribution in [-0.2, 0) is 10.0 Å². The molecule has 0 aliphatic carbocycles. The molecule has 102 valence electrons. The van der Waals surface area contributed by atoms with Crippen LogP contribution in [0.1, 0.15) is 33.6 Å². The molecule has 1 aromatic heterocycles. The Kier molecular flexibility index (Phi) is 5.55. The minimum absolute atomic E-state index is 0.0887. The molecule has 6 heteroatoms. The highest BCUT2D eigenvalue weighted by Gasteiger charge is 2.20. The molecular weight excluding hydrogens is 250 g/mol. The predicted octanol–water partition coefficient (Wildman–Crippen LogP) is 1.98. The first-order chi connectivity index (χ1) is 8.51. The number of sulfonamides is 1. The number of aromatic nitrogens is 1. The highest BCUT2D eigenvalue weighted by Crippen LogP contribution is 2.18. The van der Waals surface area contributed by atoms with Crippen molar-refractivity contribution >= 4 is 15.8 Å². The zero-order valence-electron chi connectivity index (χ0n) is 11.1. The summed E-state index contributed by atoms with van der Waals surface area (Å²) in [7, 11) is -3.51. The van der Waals surface area contributed by atoms with Gasteiger partial charge in [-0.15, -0.1) is 0 Å². The normalized spacial score (nSPS) is 13.3. The molecule has 1 aromatic rings. The van der Waals surface area contributed by atoms with Crippen molar-refractivity contribution in [3.8, 4) is 0 Å². The number of hydrogen-bond acceptors (Lipinski definition) is 4. The second-order valence-corrected chi connectivity index (χ2v) is 5.89. The van der Waals surface area contributed by atoms with Gasteiger partial charge in [0.25, 0.3) is 0 Å². The maximum absolute atomic E-state index is 12.2. The molecule has 1 heterocycles. The Balaban J connectivity index is 3.00. The zero-order chi connectivity index (χ0) is 13.6. The second kappa shape index (κ2) is 6.70. The Bertz CT molecular complexity index is 474. The second-order valence-electron chi connectivity index (χ2n) is 4.21. The topological polar surface area (TPSA) is 71.1 Å². The molecule has 1 rings (SSSR count). The molecule has 0 saturated carbocycles. The fourth-order valence-electron chi connectivity index (χ4n) is 1.40.